The summed E-state index contributed by atoms with van der Waals surface area (Å²) in [4.78, 5) is 26.0. The summed E-state index contributed by atoms with van der Waals surface area (Å²) in [6, 6.07) is 3.96. The van der Waals surface area contributed by atoms with Crippen LogP contribution in [0.4, 0.5) is 11.5 Å². The first-order valence-corrected chi connectivity index (χ1v) is 13.0. The second-order valence-electron chi connectivity index (χ2n) is 10.4. The monoisotopic (exact) mass is 508 g/mol. The molecule has 1 aromatic carbocycles. The summed E-state index contributed by atoms with van der Waals surface area (Å²) in [5, 5.41) is 22.8. The Kier molecular flexibility index (Phi) is 6.34. The molecular formula is C26H32N6O3S. The van der Waals surface area contributed by atoms with Crippen LogP contribution in [0.5, 0.6) is 5.75 Å². The Morgan fingerprint density at radius 2 is 2.17 bits per heavy atom. The number of aryl methyl sites for hydroxylation is 1. The molecule has 0 spiro atoms. The van der Waals surface area contributed by atoms with Crippen molar-refractivity contribution in [3.63, 3.8) is 0 Å². The fraction of sp³-hybridized carbons (Fsp3) is 0.462. The predicted molar refractivity (Wildman–Crippen MR) is 142 cm³/mol. The lowest BCUT2D eigenvalue weighted by Crippen LogP contribution is -2.43. The standard InChI is InChI=1S/C26H32N6O3S/c1-14(2)35-20-10-18-16(11-29-31-18)8-19(20)30-23-22-17-7-6-15(25(33)32(5)12-26(3,4)34)9-21(17)36-24(22)28-13-27-23/h8,10-11,13-15,34H,6-7,9,12H2,1-5H3,(H,29,31)(H,27,28,30)/t15-/m0/s1. The van der Waals surface area contributed by atoms with Gasteiger partial charge in [0, 0.05) is 35.8 Å². The molecule has 3 heterocycles. The van der Waals surface area contributed by atoms with Crippen molar-refractivity contribution in [2.24, 2.45) is 5.92 Å². The topological polar surface area (TPSA) is 116 Å². The van der Waals surface area contributed by atoms with Crippen molar-refractivity contribution in [2.75, 3.05) is 18.9 Å². The Bertz CT molecular complexity index is 1420. The van der Waals surface area contributed by atoms with Crippen LogP contribution in [0.3, 0.4) is 0 Å². The number of benzene rings is 1. The van der Waals surface area contributed by atoms with E-state index < -0.39 is 5.60 Å². The van der Waals surface area contributed by atoms with E-state index in [4.69, 9.17) is 4.74 Å². The average molecular weight is 509 g/mol. The molecule has 1 atom stereocenters. The lowest BCUT2D eigenvalue weighted by molar-refractivity contribution is -0.137. The largest absolute Gasteiger partial charge is 0.489 e. The number of aromatic nitrogens is 4. The molecule has 10 heteroatoms. The molecule has 3 aromatic heterocycles. The van der Waals surface area contributed by atoms with Crippen LogP contribution in [0.2, 0.25) is 0 Å². The van der Waals surface area contributed by atoms with E-state index in [2.05, 4.69) is 25.5 Å². The Hall–Kier alpha value is -3.24. The number of amides is 1. The van der Waals surface area contributed by atoms with Crippen molar-refractivity contribution in [3.8, 4) is 5.75 Å². The second kappa shape index (κ2) is 9.33. The first-order chi connectivity index (χ1) is 17.1. The van der Waals surface area contributed by atoms with Gasteiger partial charge in [0.2, 0.25) is 5.91 Å². The molecule has 0 fully saturated rings. The van der Waals surface area contributed by atoms with Crippen molar-refractivity contribution in [1.82, 2.24) is 25.1 Å². The van der Waals surface area contributed by atoms with Crippen LogP contribution in [0.1, 0.15) is 44.6 Å². The van der Waals surface area contributed by atoms with Gasteiger partial charge in [0.15, 0.2) is 0 Å². The molecule has 1 aliphatic carbocycles. The Balaban J connectivity index is 1.46. The summed E-state index contributed by atoms with van der Waals surface area (Å²) in [6.07, 6.45) is 5.58. The molecule has 0 radical (unpaired) electrons. The van der Waals surface area contributed by atoms with E-state index in [0.717, 1.165) is 51.2 Å². The number of hydrogen-bond acceptors (Lipinski definition) is 8. The molecule has 36 heavy (non-hydrogen) atoms. The zero-order valence-corrected chi connectivity index (χ0v) is 22.1. The van der Waals surface area contributed by atoms with E-state index in [0.29, 0.717) is 13.0 Å². The normalized spacial score (nSPS) is 15.9. The number of aliphatic hydroxyl groups is 1. The van der Waals surface area contributed by atoms with Crippen LogP contribution in [-0.2, 0) is 17.6 Å². The molecule has 190 valence electrons. The molecular weight excluding hydrogens is 476 g/mol. The third-order valence-electron chi connectivity index (χ3n) is 6.35. The number of carbonyl (C=O) groups is 1. The Morgan fingerprint density at radius 3 is 2.92 bits per heavy atom. The number of aromatic amines is 1. The number of fused-ring (bicyclic) bond motifs is 4. The van der Waals surface area contributed by atoms with E-state index in [-0.39, 0.29) is 17.9 Å². The first-order valence-electron chi connectivity index (χ1n) is 12.2. The highest BCUT2D eigenvalue weighted by molar-refractivity contribution is 7.19. The highest BCUT2D eigenvalue weighted by Crippen LogP contribution is 2.42. The number of ether oxygens (including phenoxy) is 1. The molecule has 0 saturated carbocycles. The van der Waals surface area contributed by atoms with Crippen molar-refractivity contribution in [1.29, 1.82) is 0 Å². The van der Waals surface area contributed by atoms with Crippen LogP contribution >= 0.6 is 11.3 Å². The van der Waals surface area contributed by atoms with Gasteiger partial charge in [0.05, 0.1) is 34.5 Å². The number of likely N-dealkylation sites (N-methyl/N-ethyl adjacent to an activating group) is 1. The van der Waals surface area contributed by atoms with Gasteiger partial charge in [-0.25, -0.2) is 9.97 Å². The number of thiophene rings is 1. The number of carbonyl (C=O) groups excluding carboxylic acids is 1. The summed E-state index contributed by atoms with van der Waals surface area (Å²) in [7, 11) is 1.77. The van der Waals surface area contributed by atoms with Gasteiger partial charge in [-0.2, -0.15) is 5.10 Å². The van der Waals surface area contributed by atoms with Gasteiger partial charge in [0.1, 0.15) is 22.7 Å². The van der Waals surface area contributed by atoms with Crippen LogP contribution in [-0.4, -0.2) is 61.4 Å². The smallest absolute Gasteiger partial charge is 0.225 e. The van der Waals surface area contributed by atoms with Crippen molar-refractivity contribution >= 4 is 49.9 Å². The third kappa shape index (κ3) is 4.87. The predicted octanol–water partition coefficient (Wildman–Crippen LogP) is 4.43. The zero-order chi connectivity index (χ0) is 25.6. The van der Waals surface area contributed by atoms with Gasteiger partial charge in [-0.1, -0.05) is 0 Å². The number of nitrogens with one attached hydrogen (secondary N) is 2. The molecule has 1 amide bonds. The summed E-state index contributed by atoms with van der Waals surface area (Å²) >= 11 is 1.63. The first kappa shape index (κ1) is 24.5. The summed E-state index contributed by atoms with van der Waals surface area (Å²) in [5.41, 5.74) is 2.01. The summed E-state index contributed by atoms with van der Waals surface area (Å²) in [5.74, 6) is 1.43. The van der Waals surface area contributed by atoms with Crippen molar-refractivity contribution < 1.29 is 14.6 Å². The molecule has 0 unspecified atom stereocenters. The van der Waals surface area contributed by atoms with Gasteiger partial charge < -0.3 is 20.1 Å². The van der Waals surface area contributed by atoms with Gasteiger partial charge in [-0.15, -0.1) is 11.3 Å². The minimum atomic E-state index is -0.921. The van der Waals surface area contributed by atoms with Crippen LogP contribution in [0, 0.1) is 5.92 Å². The quantitative estimate of drug-likeness (QED) is 0.338. The van der Waals surface area contributed by atoms with Crippen LogP contribution in [0.15, 0.2) is 24.7 Å². The van der Waals surface area contributed by atoms with Gasteiger partial charge in [-0.3, -0.25) is 9.89 Å². The van der Waals surface area contributed by atoms with Gasteiger partial charge in [-0.05, 0) is 58.6 Å². The fourth-order valence-electron chi connectivity index (χ4n) is 4.93. The lowest BCUT2D eigenvalue weighted by Gasteiger charge is -2.30. The summed E-state index contributed by atoms with van der Waals surface area (Å²) < 4.78 is 6.09. The van der Waals surface area contributed by atoms with Crippen LogP contribution < -0.4 is 10.1 Å². The van der Waals surface area contributed by atoms with E-state index in [9.17, 15) is 9.90 Å². The molecule has 9 nitrogen and oxygen atoms in total. The fourth-order valence-corrected chi connectivity index (χ4v) is 6.20. The van der Waals surface area contributed by atoms with E-state index in [1.165, 1.54) is 10.4 Å². The maximum absolute atomic E-state index is 13.1. The number of rotatable bonds is 7. The summed E-state index contributed by atoms with van der Waals surface area (Å²) in [6.45, 7) is 7.74. The Morgan fingerprint density at radius 1 is 1.36 bits per heavy atom. The third-order valence-corrected chi connectivity index (χ3v) is 7.51. The van der Waals surface area contributed by atoms with Crippen LogP contribution in [0.25, 0.3) is 21.1 Å². The Labute approximate surface area is 213 Å². The van der Waals surface area contributed by atoms with Gasteiger partial charge in [0.25, 0.3) is 0 Å². The van der Waals surface area contributed by atoms with Crippen molar-refractivity contribution in [3.05, 3.63) is 35.1 Å². The highest BCUT2D eigenvalue weighted by atomic mass is 32.1. The molecule has 1 aliphatic rings. The molecule has 0 saturated heterocycles. The number of nitrogens with zero attached hydrogens (tertiary/aromatic N) is 4. The van der Waals surface area contributed by atoms with E-state index in [1.54, 1.807) is 49.7 Å². The molecule has 0 aliphatic heterocycles. The minimum Gasteiger partial charge on any atom is -0.489 e. The molecule has 4 aromatic rings. The SMILES string of the molecule is CC(C)Oc1cc2[nH]ncc2cc1Nc1ncnc2sc3c(c12)CC[C@H](C(=O)N(C)CC(C)(C)O)C3. The highest BCUT2D eigenvalue weighted by Gasteiger charge is 2.32. The number of anilines is 2. The number of H-pyrrole nitrogens is 1. The number of hydrogen-bond donors (Lipinski definition) is 3. The van der Waals surface area contributed by atoms with E-state index >= 15 is 0 Å². The average Bonchev–Trinajstić information content (AvgIpc) is 3.40. The second-order valence-corrected chi connectivity index (χ2v) is 11.5. The molecule has 3 N–H and O–H groups in total. The molecule has 0 bridgehead atoms. The van der Waals surface area contributed by atoms with Crippen molar-refractivity contribution in [2.45, 2.75) is 58.7 Å². The zero-order valence-electron chi connectivity index (χ0n) is 21.3. The maximum atomic E-state index is 13.1. The molecule has 5 rings (SSSR count). The maximum Gasteiger partial charge on any atom is 0.225 e. The van der Waals surface area contributed by atoms with Gasteiger partial charge >= 0.3 is 0 Å². The lowest BCUT2D eigenvalue weighted by atomic mass is 9.86. The minimum absolute atomic E-state index is 0.00857. The van der Waals surface area contributed by atoms with E-state index in [1.807, 2.05) is 26.0 Å².